The van der Waals surface area contributed by atoms with Gasteiger partial charge in [0.15, 0.2) is 0 Å². The Morgan fingerprint density at radius 2 is 1.57 bits per heavy atom. The summed E-state index contributed by atoms with van der Waals surface area (Å²) in [5.41, 5.74) is 7.36. The van der Waals surface area contributed by atoms with E-state index in [-0.39, 0.29) is 18.1 Å². The molecule has 0 saturated carbocycles. The van der Waals surface area contributed by atoms with Crippen LogP contribution in [0.1, 0.15) is 32.3 Å². The van der Waals surface area contributed by atoms with E-state index in [0.29, 0.717) is 12.0 Å². The Bertz CT molecular complexity index is 1140. The zero-order chi connectivity index (χ0) is 27.7. The first-order valence-corrected chi connectivity index (χ1v) is 12.4. The Kier molecular flexibility index (Phi) is 10.9. The molecular weight excluding hydrogens is 502 g/mol. The van der Waals surface area contributed by atoms with Crippen LogP contribution >= 0.6 is 12.6 Å². The normalized spacial score (nSPS) is 15.1. The van der Waals surface area contributed by atoms with Gasteiger partial charge in [0.1, 0.15) is 18.1 Å². The van der Waals surface area contributed by atoms with Crippen LogP contribution in [0, 0.1) is 5.92 Å². The second-order valence-corrected chi connectivity index (χ2v) is 9.14. The van der Waals surface area contributed by atoms with Crippen LogP contribution in [0.3, 0.4) is 0 Å². The first-order chi connectivity index (χ1) is 17.5. The highest BCUT2D eigenvalue weighted by atomic mass is 32.1. The molecule has 0 fully saturated rings. The first-order valence-electron chi connectivity index (χ1n) is 11.8. The summed E-state index contributed by atoms with van der Waals surface area (Å²) in [5, 5.41) is 26.8. The lowest BCUT2D eigenvalue weighted by atomic mass is 9.99. The molecule has 5 unspecified atom stereocenters. The van der Waals surface area contributed by atoms with Crippen molar-refractivity contribution < 1.29 is 34.2 Å². The molecule has 0 aliphatic rings. The number of carbonyl (C=O) groups excluding carboxylic acids is 3. The number of hydrogen-bond donors (Lipinski definition) is 8. The topological polar surface area (TPSA) is 204 Å². The smallest absolute Gasteiger partial charge is 0.326 e. The van der Waals surface area contributed by atoms with Crippen LogP contribution in [-0.4, -0.2) is 74.8 Å². The van der Waals surface area contributed by atoms with Gasteiger partial charge >= 0.3 is 11.9 Å². The van der Waals surface area contributed by atoms with Crippen LogP contribution in [0.2, 0.25) is 0 Å². The highest BCUT2D eigenvalue weighted by Crippen LogP contribution is 2.19. The molecule has 1 heterocycles. The number of carbonyl (C=O) groups is 5. The molecule has 3 amide bonds. The summed E-state index contributed by atoms with van der Waals surface area (Å²) in [6, 6.07) is 2.23. The lowest BCUT2D eigenvalue weighted by molar-refractivity contribution is -0.143. The number of H-pyrrole nitrogens is 1. The molecule has 0 aliphatic heterocycles. The Morgan fingerprint density at radius 3 is 2.16 bits per heavy atom. The van der Waals surface area contributed by atoms with E-state index in [9.17, 15) is 34.2 Å². The third kappa shape index (κ3) is 8.22. The molecule has 1 aromatic carbocycles. The summed E-state index contributed by atoms with van der Waals surface area (Å²) in [4.78, 5) is 64.3. The van der Waals surface area contributed by atoms with E-state index in [0.717, 1.165) is 10.9 Å². The Morgan fingerprint density at radius 1 is 0.973 bits per heavy atom. The van der Waals surface area contributed by atoms with Crippen molar-refractivity contribution in [2.75, 3.05) is 5.75 Å². The molecular formula is C24H33N5O7S. The number of aromatic amines is 1. The Hall–Kier alpha value is -3.58. The number of thiol groups is 1. The molecule has 5 atom stereocenters. The Labute approximate surface area is 219 Å². The third-order valence-electron chi connectivity index (χ3n) is 6.10. The number of aromatic nitrogens is 1. The highest BCUT2D eigenvalue weighted by Gasteiger charge is 2.32. The average Bonchev–Trinajstić information content (AvgIpc) is 3.27. The lowest BCUT2D eigenvalue weighted by Gasteiger charge is -2.25. The van der Waals surface area contributed by atoms with E-state index in [4.69, 9.17) is 5.73 Å². The molecule has 37 heavy (non-hydrogen) atoms. The van der Waals surface area contributed by atoms with E-state index in [1.165, 1.54) is 0 Å². The summed E-state index contributed by atoms with van der Waals surface area (Å²) >= 11 is 4.07. The predicted molar refractivity (Wildman–Crippen MR) is 139 cm³/mol. The molecule has 0 bridgehead atoms. The molecule has 2 aromatic rings. The van der Waals surface area contributed by atoms with Crippen LogP contribution in [-0.2, 0) is 30.4 Å². The van der Waals surface area contributed by atoms with E-state index >= 15 is 0 Å². The summed E-state index contributed by atoms with van der Waals surface area (Å²) in [5.74, 6) is -5.53. The van der Waals surface area contributed by atoms with Crippen molar-refractivity contribution in [2.24, 2.45) is 11.7 Å². The molecule has 2 rings (SSSR count). The van der Waals surface area contributed by atoms with E-state index in [1.54, 1.807) is 13.1 Å². The number of nitrogens with two attached hydrogens (primary N) is 1. The molecule has 0 aliphatic carbocycles. The van der Waals surface area contributed by atoms with Gasteiger partial charge in [0.2, 0.25) is 17.7 Å². The third-order valence-corrected chi connectivity index (χ3v) is 6.47. The monoisotopic (exact) mass is 535 g/mol. The fraction of sp³-hybridized carbons (Fsp3) is 0.458. The molecule has 12 nitrogen and oxygen atoms in total. The second-order valence-electron chi connectivity index (χ2n) is 8.78. The maximum atomic E-state index is 12.9. The summed E-state index contributed by atoms with van der Waals surface area (Å²) in [6.45, 7) is 3.57. The largest absolute Gasteiger partial charge is 0.481 e. The fourth-order valence-corrected chi connectivity index (χ4v) is 3.88. The van der Waals surface area contributed by atoms with Crippen molar-refractivity contribution in [3.63, 3.8) is 0 Å². The van der Waals surface area contributed by atoms with Gasteiger partial charge in [-0.25, -0.2) is 4.79 Å². The van der Waals surface area contributed by atoms with Crippen LogP contribution in [0.25, 0.3) is 10.9 Å². The molecule has 202 valence electrons. The number of carboxylic acids is 2. The molecule has 8 N–H and O–H groups in total. The minimum atomic E-state index is -1.50. The average molecular weight is 536 g/mol. The van der Waals surface area contributed by atoms with Crippen LogP contribution in [0.5, 0.6) is 0 Å². The first kappa shape index (κ1) is 29.6. The maximum Gasteiger partial charge on any atom is 0.326 e. The molecule has 0 radical (unpaired) electrons. The van der Waals surface area contributed by atoms with Crippen molar-refractivity contribution >= 4 is 53.2 Å². The van der Waals surface area contributed by atoms with Gasteiger partial charge in [0.25, 0.3) is 0 Å². The van der Waals surface area contributed by atoms with Gasteiger partial charge in [-0.15, -0.1) is 0 Å². The summed E-state index contributed by atoms with van der Waals surface area (Å²) < 4.78 is 0. The number of fused-ring (bicyclic) bond motifs is 1. The maximum absolute atomic E-state index is 12.9. The zero-order valence-corrected chi connectivity index (χ0v) is 21.5. The van der Waals surface area contributed by atoms with E-state index in [2.05, 4.69) is 33.6 Å². The van der Waals surface area contributed by atoms with E-state index < -0.39 is 60.2 Å². The lowest BCUT2D eigenvalue weighted by Crippen LogP contribution is -2.58. The van der Waals surface area contributed by atoms with Gasteiger partial charge in [0.05, 0.1) is 12.5 Å². The van der Waals surface area contributed by atoms with Gasteiger partial charge in [0, 0.05) is 29.3 Å². The SMILES string of the molecule is CCC(C)C(N)C(=O)NC(CC(=O)O)C(=O)NC(CS)C(=O)NC(Cc1c[nH]c2ccccc12)C(=O)O. The number of benzene rings is 1. The molecule has 0 saturated heterocycles. The van der Waals surface area contributed by atoms with Crippen molar-refractivity contribution in [3.8, 4) is 0 Å². The predicted octanol–water partition coefficient (Wildman–Crippen LogP) is 0.0273. The van der Waals surface area contributed by atoms with E-state index in [1.807, 2.05) is 31.2 Å². The second kappa shape index (κ2) is 13.7. The van der Waals surface area contributed by atoms with Crippen molar-refractivity contribution in [1.29, 1.82) is 0 Å². The van der Waals surface area contributed by atoms with Crippen molar-refractivity contribution in [1.82, 2.24) is 20.9 Å². The quantitative estimate of drug-likeness (QED) is 0.155. The van der Waals surface area contributed by atoms with Crippen LogP contribution in [0.4, 0.5) is 0 Å². The number of amides is 3. The number of nitrogens with one attached hydrogen (secondary N) is 4. The Balaban J connectivity index is 2.11. The minimum absolute atomic E-state index is 0.0243. The van der Waals surface area contributed by atoms with Gasteiger partial charge in [-0.1, -0.05) is 38.5 Å². The number of para-hydroxylation sites is 1. The summed E-state index contributed by atoms with van der Waals surface area (Å²) in [6.07, 6.45) is 1.48. The van der Waals surface area contributed by atoms with Crippen LogP contribution < -0.4 is 21.7 Å². The fourth-order valence-electron chi connectivity index (χ4n) is 3.62. The minimum Gasteiger partial charge on any atom is -0.481 e. The summed E-state index contributed by atoms with van der Waals surface area (Å²) in [7, 11) is 0. The number of aliphatic carboxylic acids is 2. The molecule has 1 aromatic heterocycles. The standard InChI is InChI=1S/C24H33N5O7S/c1-3-12(2)20(25)23(34)27-16(9-19(30)31)21(32)29-18(11-37)22(33)28-17(24(35)36)8-13-10-26-15-7-5-4-6-14(13)15/h4-7,10,12,16-18,20,26,37H,3,8-9,11,25H2,1-2H3,(H,27,34)(H,28,33)(H,29,32)(H,30,31)(H,35,36). The van der Waals surface area contributed by atoms with Crippen LogP contribution in [0.15, 0.2) is 30.5 Å². The van der Waals surface area contributed by atoms with Gasteiger partial charge in [-0.3, -0.25) is 19.2 Å². The zero-order valence-electron chi connectivity index (χ0n) is 20.6. The van der Waals surface area contributed by atoms with Gasteiger partial charge < -0.3 is 36.9 Å². The molecule has 0 spiro atoms. The highest BCUT2D eigenvalue weighted by molar-refractivity contribution is 7.80. The van der Waals surface area contributed by atoms with Crippen molar-refractivity contribution in [3.05, 3.63) is 36.0 Å². The number of hydrogen-bond acceptors (Lipinski definition) is 7. The van der Waals surface area contributed by atoms with Gasteiger partial charge in [-0.05, 0) is 17.5 Å². The number of carboxylic acid groups (broad SMARTS) is 2. The molecule has 13 heteroatoms. The number of rotatable bonds is 14. The van der Waals surface area contributed by atoms with Gasteiger partial charge in [-0.2, -0.15) is 12.6 Å². The van der Waals surface area contributed by atoms with Crippen molar-refractivity contribution in [2.45, 2.75) is 57.3 Å².